The van der Waals surface area contributed by atoms with Gasteiger partial charge in [0.05, 0.1) is 0 Å². The summed E-state index contributed by atoms with van der Waals surface area (Å²) in [6, 6.07) is 7.28. The number of amidine groups is 1. The Kier molecular flexibility index (Phi) is 5.20. The first-order chi connectivity index (χ1) is 10.2. The second-order valence-corrected chi connectivity index (χ2v) is 5.45. The van der Waals surface area contributed by atoms with Crippen LogP contribution in [-0.2, 0) is 0 Å². The summed E-state index contributed by atoms with van der Waals surface area (Å²) >= 11 is 0. The molecule has 114 valence electrons. The highest BCUT2D eigenvalue weighted by Crippen LogP contribution is 2.24. The molecule has 0 radical (unpaired) electrons. The predicted molar refractivity (Wildman–Crippen MR) is 82.5 cm³/mol. The molecule has 2 rings (SSSR count). The molecule has 3 N–H and O–H groups in total. The Hall–Kier alpha value is -2.04. The summed E-state index contributed by atoms with van der Waals surface area (Å²) in [6.07, 6.45) is 5.82. The average molecular weight is 289 g/mol. The van der Waals surface area contributed by atoms with Crippen LogP contribution < -0.4 is 5.73 Å². The molecule has 1 fully saturated rings. The van der Waals surface area contributed by atoms with Crippen LogP contribution in [0.15, 0.2) is 29.4 Å². The van der Waals surface area contributed by atoms with Gasteiger partial charge in [-0.05, 0) is 31.9 Å². The minimum atomic E-state index is 0.0189. The number of oxime groups is 1. The van der Waals surface area contributed by atoms with Crippen LogP contribution in [0.2, 0.25) is 0 Å². The van der Waals surface area contributed by atoms with Gasteiger partial charge < -0.3 is 15.8 Å². The van der Waals surface area contributed by atoms with Gasteiger partial charge in [0.2, 0.25) is 0 Å². The summed E-state index contributed by atoms with van der Waals surface area (Å²) in [5, 5.41) is 11.7. The van der Waals surface area contributed by atoms with Gasteiger partial charge in [0.15, 0.2) is 5.84 Å². The van der Waals surface area contributed by atoms with Crippen LogP contribution in [0.1, 0.15) is 54.9 Å². The lowest BCUT2D eigenvalue weighted by Gasteiger charge is -2.33. The van der Waals surface area contributed by atoms with Gasteiger partial charge in [-0.15, -0.1) is 0 Å². The van der Waals surface area contributed by atoms with Gasteiger partial charge >= 0.3 is 0 Å². The first kappa shape index (κ1) is 15.4. The van der Waals surface area contributed by atoms with Crippen LogP contribution in [0.25, 0.3) is 0 Å². The van der Waals surface area contributed by atoms with E-state index in [4.69, 9.17) is 10.9 Å². The van der Waals surface area contributed by atoms with Crippen molar-refractivity contribution < 1.29 is 10.0 Å². The van der Waals surface area contributed by atoms with E-state index in [1.54, 1.807) is 24.3 Å². The third-order valence-electron chi connectivity index (χ3n) is 4.13. The molecular weight excluding hydrogens is 266 g/mol. The minimum Gasteiger partial charge on any atom is -0.409 e. The van der Waals surface area contributed by atoms with Crippen molar-refractivity contribution in [3.8, 4) is 0 Å². The second kappa shape index (κ2) is 7.11. The van der Waals surface area contributed by atoms with Gasteiger partial charge in [-0.1, -0.05) is 36.6 Å². The van der Waals surface area contributed by atoms with E-state index in [0.29, 0.717) is 23.7 Å². The van der Waals surface area contributed by atoms with E-state index < -0.39 is 0 Å². The van der Waals surface area contributed by atoms with Gasteiger partial charge in [-0.2, -0.15) is 0 Å². The maximum atomic E-state index is 12.7. The molecule has 0 aromatic heterocycles. The predicted octanol–water partition coefficient (Wildman–Crippen LogP) is 2.58. The molecule has 5 nitrogen and oxygen atoms in total. The molecule has 1 aromatic rings. The fraction of sp³-hybridized carbons (Fsp3) is 0.500. The van der Waals surface area contributed by atoms with E-state index in [0.717, 1.165) is 12.8 Å². The maximum Gasteiger partial charge on any atom is 0.254 e. The zero-order chi connectivity index (χ0) is 15.2. The largest absolute Gasteiger partial charge is 0.409 e. The Bertz CT molecular complexity index is 522. The van der Waals surface area contributed by atoms with Gasteiger partial charge in [-0.25, -0.2) is 0 Å². The number of hydrogen-bond acceptors (Lipinski definition) is 3. The van der Waals surface area contributed by atoms with Crippen molar-refractivity contribution in [3.63, 3.8) is 0 Å². The molecule has 1 aromatic carbocycles. The maximum absolute atomic E-state index is 12.7. The molecule has 0 bridgehead atoms. The van der Waals surface area contributed by atoms with Crippen molar-refractivity contribution in [2.45, 2.75) is 45.1 Å². The Morgan fingerprint density at radius 1 is 1.33 bits per heavy atom. The van der Waals surface area contributed by atoms with Crippen molar-refractivity contribution in [1.82, 2.24) is 4.90 Å². The van der Waals surface area contributed by atoms with E-state index in [9.17, 15) is 4.79 Å². The molecule has 1 aliphatic rings. The third kappa shape index (κ3) is 3.54. The molecule has 0 unspecified atom stereocenters. The van der Waals surface area contributed by atoms with Crippen LogP contribution in [0.4, 0.5) is 0 Å². The standard InChI is InChI=1S/C16H23N3O2/c1-2-19(14-9-4-3-5-10-14)16(20)13-8-6-7-12(11-13)15(17)18-21/h6-8,11,14,21H,2-5,9-10H2,1H3,(H2,17,18). The smallest absolute Gasteiger partial charge is 0.254 e. The first-order valence-corrected chi connectivity index (χ1v) is 7.56. The zero-order valence-corrected chi connectivity index (χ0v) is 12.5. The lowest BCUT2D eigenvalue weighted by Crippen LogP contribution is -2.41. The number of benzene rings is 1. The lowest BCUT2D eigenvalue weighted by molar-refractivity contribution is 0.0648. The van der Waals surface area contributed by atoms with Crippen molar-refractivity contribution in [2.24, 2.45) is 10.9 Å². The Labute approximate surface area is 125 Å². The molecule has 5 heteroatoms. The number of hydrogen-bond donors (Lipinski definition) is 2. The Balaban J connectivity index is 2.21. The number of rotatable bonds is 4. The van der Waals surface area contributed by atoms with Crippen molar-refractivity contribution in [3.05, 3.63) is 35.4 Å². The summed E-state index contributed by atoms with van der Waals surface area (Å²) in [5.74, 6) is 0.0438. The number of nitrogens with two attached hydrogens (primary N) is 1. The van der Waals surface area contributed by atoms with Crippen molar-refractivity contribution >= 4 is 11.7 Å². The summed E-state index contributed by atoms with van der Waals surface area (Å²) in [5.41, 5.74) is 6.74. The molecule has 1 saturated carbocycles. The number of carbonyl (C=O) groups excluding carboxylic acids is 1. The topological polar surface area (TPSA) is 78.9 Å². The minimum absolute atomic E-state index is 0.0189. The third-order valence-corrected chi connectivity index (χ3v) is 4.13. The van der Waals surface area contributed by atoms with Gasteiger partial charge in [0.25, 0.3) is 5.91 Å². The number of nitrogens with zero attached hydrogens (tertiary/aromatic N) is 2. The normalized spacial score (nSPS) is 16.7. The van der Waals surface area contributed by atoms with E-state index in [-0.39, 0.29) is 11.7 Å². The van der Waals surface area contributed by atoms with E-state index in [2.05, 4.69) is 5.16 Å². The zero-order valence-electron chi connectivity index (χ0n) is 12.5. The molecule has 0 aliphatic heterocycles. The van der Waals surface area contributed by atoms with Gasteiger partial charge in [0, 0.05) is 23.7 Å². The summed E-state index contributed by atoms with van der Waals surface area (Å²) in [4.78, 5) is 14.7. The summed E-state index contributed by atoms with van der Waals surface area (Å²) in [7, 11) is 0. The SMILES string of the molecule is CCN(C(=O)c1cccc(/C(N)=N/O)c1)C1CCCCC1. The fourth-order valence-corrected chi connectivity index (χ4v) is 3.00. The Morgan fingerprint density at radius 2 is 2.00 bits per heavy atom. The van der Waals surface area contributed by atoms with Crippen LogP contribution in [-0.4, -0.2) is 34.4 Å². The van der Waals surface area contributed by atoms with Crippen molar-refractivity contribution in [2.75, 3.05) is 6.54 Å². The molecule has 0 saturated heterocycles. The molecule has 0 spiro atoms. The van der Waals surface area contributed by atoms with Crippen molar-refractivity contribution in [1.29, 1.82) is 0 Å². The number of amides is 1. The summed E-state index contributed by atoms with van der Waals surface area (Å²) < 4.78 is 0. The van der Waals surface area contributed by atoms with E-state index >= 15 is 0 Å². The molecule has 0 atom stereocenters. The second-order valence-electron chi connectivity index (χ2n) is 5.45. The van der Waals surface area contributed by atoms with Crippen LogP contribution in [0.5, 0.6) is 0 Å². The number of carbonyl (C=O) groups is 1. The van der Waals surface area contributed by atoms with E-state index in [1.165, 1.54) is 19.3 Å². The average Bonchev–Trinajstić information content (AvgIpc) is 2.55. The summed E-state index contributed by atoms with van der Waals surface area (Å²) in [6.45, 7) is 2.72. The molecule has 21 heavy (non-hydrogen) atoms. The van der Waals surface area contributed by atoms with Crippen LogP contribution >= 0.6 is 0 Å². The van der Waals surface area contributed by atoms with Gasteiger partial charge in [0.1, 0.15) is 0 Å². The molecular formula is C16H23N3O2. The fourth-order valence-electron chi connectivity index (χ4n) is 3.00. The van der Waals surface area contributed by atoms with E-state index in [1.807, 2.05) is 11.8 Å². The van der Waals surface area contributed by atoms with Crippen LogP contribution in [0.3, 0.4) is 0 Å². The molecule has 1 aliphatic carbocycles. The highest BCUT2D eigenvalue weighted by atomic mass is 16.4. The molecule has 0 heterocycles. The quantitative estimate of drug-likeness (QED) is 0.387. The monoisotopic (exact) mass is 289 g/mol. The highest BCUT2D eigenvalue weighted by molar-refractivity contribution is 6.01. The Morgan fingerprint density at radius 3 is 2.62 bits per heavy atom. The molecule has 1 amide bonds. The highest BCUT2D eigenvalue weighted by Gasteiger charge is 2.25. The lowest BCUT2D eigenvalue weighted by atomic mass is 9.93. The van der Waals surface area contributed by atoms with Crippen LogP contribution in [0, 0.1) is 0 Å². The van der Waals surface area contributed by atoms with Gasteiger partial charge in [-0.3, -0.25) is 4.79 Å². The first-order valence-electron chi connectivity index (χ1n) is 7.56.